The summed E-state index contributed by atoms with van der Waals surface area (Å²) in [5.41, 5.74) is -0.280. The van der Waals surface area contributed by atoms with Gasteiger partial charge in [-0.05, 0) is 180 Å². The van der Waals surface area contributed by atoms with Crippen molar-refractivity contribution >= 4 is 104 Å². The lowest BCUT2D eigenvalue weighted by Crippen LogP contribution is -2.50. The number of carbonyl (C=O) groups excluding carboxylic acids is 7. The molecule has 2 saturated carbocycles. The number of allylic oxidation sites excluding steroid dienone is 2. The number of hydrogen-bond donors (Lipinski definition) is 1. The highest BCUT2D eigenvalue weighted by Crippen LogP contribution is 2.54. The molecule has 0 radical (unpaired) electrons. The third-order valence-electron chi connectivity index (χ3n) is 23.7. The maximum Gasteiger partial charge on any atom is 0.329 e. The Morgan fingerprint density at radius 2 is 0.847 bits per heavy atom. The minimum Gasteiger partial charge on any atom is -0.497 e. The number of hydrogen-bond acceptors (Lipinski definition) is 25. The first-order chi connectivity index (χ1) is 58.1. The fraction of sp³-hybridized carbons (Fsp3) is 0.611. The number of esters is 5. The van der Waals surface area contributed by atoms with E-state index >= 15 is 0 Å². The summed E-state index contributed by atoms with van der Waals surface area (Å²) in [4.78, 5) is 126. The Kier molecular flexibility index (Phi) is 32.1. The molecular weight excluding hydrogens is 1630 g/mol. The molecule has 11 rings (SSSR count). The number of unbranched alkanes of at least 4 members (excludes halogenated alkanes) is 2. The van der Waals surface area contributed by atoms with Gasteiger partial charge in [-0.1, -0.05) is 118 Å². The van der Waals surface area contributed by atoms with E-state index in [0.717, 1.165) is 64.2 Å². The summed E-state index contributed by atoms with van der Waals surface area (Å²) in [6.45, 7) is 49.6. The number of halogens is 2. The Labute approximate surface area is 741 Å². The fourth-order valence-corrected chi connectivity index (χ4v) is 16.8. The third-order valence-corrected chi connectivity index (χ3v) is 24.2. The van der Waals surface area contributed by atoms with Gasteiger partial charge in [-0.3, -0.25) is 24.0 Å². The highest BCUT2D eigenvalue weighted by atomic mass is 35.5. The summed E-state index contributed by atoms with van der Waals surface area (Å²) in [5, 5.41) is 3.40. The number of ether oxygens (including phenoxy) is 11. The number of methoxy groups -OCH3 is 3. The molecule has 678 valence electrons. The molecule has 27 nitrogen and oxygen atoms in total. The van der Waals surface area contributed by atoms with Crippen molar-refractivity contribution in [3.63, 3.8) is 0 Å². The summed E-state index contributed by atoms with van der Waals surface area (Å²) in [6.07, 6.45) is 12.5. The van der Waals surface area contributed by atoms with Gasteiger partial charge in [0.1, 0.15) is 87.4 Å². The average molecular weight is 1760 g/mol. The molecule has 0 bridgehead atoms. The molecule has 2 amide bonds. The van der Waals surface area contributed by atoms with Crippen LogP contribution in [0.5, 0.6) is 34.9 Å². The van der Waals surface area contributed by atoms with Gasteiger partial charge in [-0.2, -0.15) is 0 Å². The van der Waals surface area contributed by atoms with Gasteiger partial charge < -0.3 is 67.2 Å². The van der Waals surface area contributed by atoms with E-state index < -0.39 is 117 Å². The molecule has 4 unspecified atom stereocenters. The number of nitrogens with zero attached hydrogens (tertiary/aromatic N) is 8. The number of aromatic nitrogens is 6. The first-order valence-electron chi connectivity index (χ1n) is 43.3. The molecule has 2 aliphatic carbocycles. The zero-order chi connectivity index (χ0) is 91.7. The Morgan fingerprint density at radius 1 is 0.492 bits per heavy atom. The van der Waals surface area contributed by atoms with Crippen LogP contribution in [0.4, 0.5) is 0 Å². The van der Waals surface area contributed by atoms with Crippen LogP contribution in [0.25, 0.3) is 39.2 Å². The van der Waals surface area contributed by atoms with Crippen molar-refractivity contribution in [3.8, 4) is 34.9 Å². The quantitative estimate of drug-likeness (QED) is 0.0183. The van der Waals surface area contributed by atoms with Crippen LogP contribution in [-0.2, 0) is 57.2 Å². The molecule has 5 fully saturated rings. The van der Waals surface area contributed by atoms with Crippen LogP contribution in [-0.4, -0.2) is 187 Å². The first-order valence-corrected chi connectivity index (χ1v) is 44.0. The van der Waals surface area contributed by atoms with Gasteiger partial charge in [0.25, 0.3) is 11.8 Å². The lowest BCUT2D eigenvalue weighted by Gasteiger charge is -2.35. The number of amides is 2. The maximum atomic E-state index is 14.6. The van der Waals surface area contributed by atoms with Gasteiger partial charge >= 0.3 is 29.8 Å². The predicted octanol–water partition coefficient (Wildman–Crippen LogP) is 17.7. The monoisotopic (exact) mass is 1760 g/mol. The van der Waals surface area contributed by atoms with Crippen LogP contribution in [0, 0.1) is 52.3 Å². The van der Waals surface area contributed by atoms with Crippen molar-refractivity contribution < 1.29 is 85.7 Å². The van der Waals surface area contributed by atoms with Gasteiger partial charge in [0.2, 0.25) is 17.7 Å². The minimum absolute atomic E-state index is 0.0569. The summed E-state index contributed by atoms with van der Waals surface area (Å²) in [6, 6.07) is 13.6. The third kappa shape index (κ3) is 24.8. The molecule has 3 aromatic heterocycles. The van der Waals surface area contributed by atoms with E-state index in [-0.39, 0.29) is 83.7 Å². The Morgan fingerprint density at radius 3 is 1.19 bits per heavy atom. The van der Waals surface area contributed by atoms with E-state index in [1.807, 2.05) is 109 Å². The second-order valence-electron chi connectivity index (χ2n) is 38.5. The van der Waals surface area contributed by atoms with E-state index in [4.69, 9.17) is 80.3 Å². The van der Waals surface area contributed by atoms with Crippen molar-refractivity contribution in [1.29, 1.82) is 0 Å². The molecule has 3 saturated heterocycles. The van der Waals surface area contributed by atoms with Crippen LogP contribution in [0.15, 0.2) is 86.5 Å². The van der Waals surface area contributed by atoms with Crippen LogP contribution < -0.4 is 33.7 Å². The zero-order valence-electron chi connectivity index (χ0n) is 76.8. The smallest absolute Gasteiger partial charge is 0.329 e. The summed E-state index contributed by atoms with van der Waals surface area (Å²) >= 11 is 12.8. The lowest BCUT2D eigenvalue weighted by molar-refractivity contribution is -0.167. The molecule has 5 aliphatic rings. The summed E-state index contributed by atoms with van der Waals surface area (Å²) in [5.74, 6) is -2.33. The molecule has 3 aromatic carbocycles. The maximum absolute atomic E-state index is 14.6. The number of likely N-dealkylation sites (tertiary alicyclic amines) is 2. The van der Waals surface area contributed by atoms with Crippen molar-refractivity contribution in [2.45, 2.75) is 280 Å². The number of rotatable bonds is 31. The number of benzene rings is 3. The van der Waals surface area contributed by atoms with E-state index in [1.165, 1.54) is 9.80 Å². The Balaban J connectivity index is 0.000000220. The predicted molar refractivity (Wildman–Crippen MR) is 477 cm³/mol. The van der Waals surface area contributed by atoms with Crippen LogP contribution in [0.2, 0.25) is 10.3 Å². The summed E-state index contributed by atoms with van der Waals surface area (Å²) in [7, 11) is 4.73. The number of nitrogens with one attached hydrogen (secondary N) is 1. The van der Waals surface area contributed by atoms with Crippen LogP contribution in [0.1, 0.15) is 221 Å². The number of fused-ring (bicyclic) bond motifs is 3. The molecule has 3 aliphatic heterocycles. The lowest BCUT2D eigenvalue weighted by atomic mass is 9.77. The van der Waals surface area contributed by atoms with Crippen molar-refractivity contribution in [3.05, 3.63) is 102 Å². The Bertz CT molecular complexity index is 4860. The first kappa shape index (κ1) is 98.3. The van der Waals surface area contributed by atoms with E-state index in [2.05, 4.69) is 50.0 Å². The largest absolute Gasteiger partial charge is 0.497 e. The van der Waals surface area contributed by atoms with Gasteiger partial charge in [-0.25, -0.2) is 39.5 Å². The molecule has 29 heteroatoms. The van der Waals surface area contributed by atoms with Gasteiger partial charge in [-0.15, -0.1) is 13.2 Å². The normalized spacial score (nSPS) is 24.0. The fourth-order valence-electron chi connectivity index (χ4n) is 16.4. The van der Waals surface area contributed by atoms with E-state index in [1.54, 1.807) is 124 Å². The Hall–Kier alpha value is -9.47. The van der Waals surface area contributed by atoms with Gasteiger partial charge in [0.05, 0.1) is 92.2 Å². The van der Waals surface area contributed by atoms with Gasteiger partial charge in [0.15, 0.2) is 10.3 Å². The second kappa shape index (κ2) is 40.4. The molecule has 6 aromatic rings. The molecule has 1 N–H and O–H groups in total. The van der Waals surface area contributed by atoms with Crippen molar-refractivity contribution in [2.24, 2.45) is 52.3 Å². The minimum atomic E-state index is -0.963. The second-order valence-corrected chi connectivity index (χ2v) is 39.2. The summed E-state index contributed by atoms with van der Waals surface area (Å²) < 4.78 is 64.1. The van der Waals surface area contributed by atoms with E-state index in [0.29, 0.717) is 74.4 Å². The van der Waals surface area contributed by atoms with Gasteiger partial charge in [0, 0.05) is 54.3 Å². The zero-order valence-corrected chi connectivity index (χ0v) is 78.4. The SMILES string of the molecule is C=CCCCC1CC1(CC)OC(=O)C[C@H](C(=O)N1C[C@H](Oc2nc3cc(OC)ccc3nc2C=C)[C@@H](C)[C@H]1C(=O)OC(C)(C)C)C(C)(C)C.C=CCCCC1CC1(CC)OC(=O)C[C@H](C(=O)N1C[C@H](Oc2nc3cc(OC)ccc3nc2Cl)[C@@H](C)[C@H]1C(=O)OC(C)(C)C)C(C)(C)C.COc1ccc2nc(Cl)c(O[C@H]3CN[C@H](C(=O)OC(C)(C)C)[C@@H]3C)nc2c1. The van der Waals surface area contributed by atoms with Crippen LogP contribution >= 0.6 is 23.2 Å². The van der Waals surface area contributed by atoms with Crippen molar-refractivity contribution in [2.75, 3.05) is 41.0 Å². The van der Waals surface area contributed by atoms with Crippen molar-refractivity contribution in [1.82, 2.24) is 45.0 Å². The standard InChI is InChI=1S/C39H55N3O7.C37H52ClN3O7.C19H24ClN3O4/c1-12-15-16-17-25-22-39(25,14-3)48-32(43)21-27(37(5,6)7)35(44)42-23-31(24(4)33(42)36(45)49-38(8,9)10)47-34-28(13-2)40-29-19-18-26(46-11)20-30(29)41-34;1-11-13-14-15-23-20-37(23,12-2)47-29(42)19-25(35(4,5)6)33(43)41-21-28(22(3)30(41)34(44)48-36(7,8)9)46-32-31(38)39-26-17-16-24(45-10)18-27(26)40-32;1-10-14(9-21-15(10)18(24)27-19(2,3)4)26-17-16(20)22-12-7-6-11(25-5)8-13(12)23-17/h12-13,18-20,24-25,27,31,33H,1-2,14-17,21-23H2,3-11H3;11,16-18,22-23,25,28,30H,1,12-15,19-21H2,2-10H3;6-8,10,14-15,21H,9H2,1-5H3/t24-,25?,27-,31+,33+,39?;22-,23?,25-,28+,30+,37?;10-,14+,15+/m111/s1. The highest BCUT2D eigenvalue weighted by molar-refractivity contribution is 6.31. The highest BCUT2D eigenvalue weighted by Gasteiger charge is 2.59. The molecule has 15 atom stereocenters. The molecule has 6 heterocycles. The molecule has 124 heavy (non-hydrogen) atoms. The molecule has 0 spiro atoms. The van der Waals surface area contributed by atoms with E-state index in [9.17, 15) is 33.6 Å². The van der Waals surface area contributed by atoms with Crippen LogP contribution in [0.3, 0.4) is 0 Å². The molecular formula is C95H131Cl2N9O18. The average Bonchev–Trinajstić information content (AvgIpc) is 1.61. The number of carbonyl (C=O) groups is 7. The topological polar surface area (TPSA) is 317 Å².